The van der Waals surface area contributed by atoms with Crippen LogP contribution in [0.5, 0.6) is 0 Å². The number of halogens is 1. The van der Waals surface area contributed by atoms with E-state index >= 15 is 0 Å². The minimum absolute atomic E-state index is 0.161. The molecule has 128 valence electrons. The molecule has 0 atom stereocenters. The maximum Gasteiger partial charge on any atom is 0.293 e. The number of hydrogen-bond acceptors (Lipinski definition) is 6. The molecule has 0 bridgehead atoms. The Morgan fingerprint density at radius 2 is 2.16 bits per heavy atom. The Labute approximate surface area is 154 Å². The Hall–Kier alpha value is -2.39. The van der Waals surface area contributed by atoms with Crippen LogP contribution in [0.2, 0.25) is 0 Å². The van der Waals surface area contributed by atoms with Crippen LogP contribution in [0.3, 0.4) is 0 Å². The average molecular weight is 422 g/mol. The van der Waals surface area contributed by atoms with Crippen molar-refractivity contribution in [3.8, 4) is 0 Å². The number of amides is 2. The van der Waals surface area contributed by atoms with E-state index in [-0.39, 0.29) is 17.6 Å². The van der Waals surface area contributed by atoms with Gasteiger partial charge in [-0.25, -0.2) is 4.98 Å². The summed E-state index contributed by atoms with van der Waals surface area (Å²) in [5.74, 6) is 0.0231. The first-order valence-electron chi connectivity index (χ1n) is 7.48. The first-order valence-corrected chi connectivity index (χ1v) is 9.09. The second-order valence-electron chi connectivity index (χ2n) is 5.40. The lowest BCUT2D eigenvalue weighted by atomic mass is 10.1. The summed E-state index contributed by atoms with van der Waals surface area (Å²) in [6.07, 6.45) is 2.08. The van der Waals surface area contributed by atoms with Gasteiger partial charge in [-0.05, 0) is 40.2 Å². The number of carbonyl (C=O) groups excluding carboxylic acids is 2. The number of nitrogens with one attached hydrogen (secondary N) is 1. The quantitative estimate of drug-likeness (QED) is 0.698. The maximum atomic E-state index is 12.5. The van der Waals surface area contributed by atoms with Crippen LogP contribution in [-0.4, -0.2) is 28.2 Å². The van der Waals surface area contributed by atoms with Crippen molar-refractivity contribution in [2.45, 2.75) is 13.0 Å². The first kappa shape index (κ1) is 16.1. The largest absolute Gasteiger partial charge is 0.459 e. The minimum Gasteiger partial charge on any atom is -0.459 e. The second-order valence-corrected chi connectivity index (χ2v) is 7.27. The normalized spacial score (nSPS) is 13.6. The molecule has 4 heterocycles. The van der Waals surface area contributed by atoms with Crippen molar-refractivity contribution in [1.29, 1.82) is 0 Å². The van der Waals surface area contributed by atoms with Crippen molar-refractivity contribution in [1.82, 2.24) is 9.88 Å². The highest BCUT2D eigenvalue weighted by molar-refractivity contribution is 9.10. The SMILES string of the molecule is O=C(Nc1nc2c(s1)CN(C(=O)c1ccc(Br)o1)CC2)c1ccco1. The zero-order valence-electron chi connectivity index (χ0n) is 12.8. The van der Waals surface area contributed by atoms with Crippen LogP contribution < -0.4 is 5.32 Å². The van der Waals surface area contributed by atoms with Gasteiger partial charge >= 0.3 is 0 Å². The zero-order chi connectivity index (χ0) is 17.4. The van der Waals surface area contributed by atoms with E-state index in [2.05, 4.69) is 26.2 Å². The smallest absolute Gasteiger partial charge is 0.293 e. The van der Waals surface area contributed by atoms with Crippen LogP contribution in [0.4, 0.5) is 5.13 Å². The number of fused-ring (bicyclic) bond motifs is 1. The summed E-state index contributed by atoms with van der Waals surface area (Å²) in [5, 5.41) is 3.23. The molecule has 3 aromatic heterocycles. The molecule has 1 N–H and O–H groups in total. The van der Waals surface area contributed by atoms with Gasteiger partial charge in [0.25, 0.3) is 11.8 Å². The van der Waals surface area contributed by atoms with E-state index in [0.29, 0.717) is 35.1 Å². The molecule has 3 aromatic rings. The molecule has 0 fully saturated rings. The van der Waals surface area contributed by atoms with Crippen LogP contribution in [0.1, 0.15) is 31.7 Å². The summed E-state index contributed by atoms with van der Waals surface area (Å²) in [5.41, 5.74) is 0.907. The predicted molar refractivity (Wildman–Crippen MR) is 93.6 cm³/mol. The average Bonchev–Trinajstić information content (AvgIpc) is 3.33. The Bertz CT molecular complexity index is 931. The fourth-order valence-electron chi connectivity index (χ4n) is 2.57. The third-order valence-corrected chi connectivity index (χ3v) is 5.19. The number of anilines is 1. The Kier molecular flexibility index (Phi) is 4.18. The van der Waals surface area contributed by atoms with E-state index in [1.165, 1.54) is 17.6 Å². The lowest BCUT2D eigenvalue weighted by molar-refractivity contribution is 0.0702. The van der Waals surface area contributed by atoms with Gasteiger partial charge in [0.05, 0.1) is 18.5 Å². The molecular formula is C16H12BrN3O4S. The lowest BCUT2D eigenvalue weighted by Crippen LogP contribution is -2.35. The molecule has 25 heavy (non-hydrogen) atoms. The lowest BCUT2D eigenvalue weighted by Gasteiger charge is -2.25. The second kappa shape index (κ2) is 6.49. The summed E-state index contributed by atoms with van der Waals surface area (Å²) in [4.78, 5) is 31.6. The van der Waals surface area contributed by atoms with Crippen LogP contribution in [-0.2, 0) is 13.0 Å². The van der Waals surface area contributed by atoms with Gasteiger partial charge in [0.1, 0.15) is 0 Å². The van der Waals surface area contributed by atoms with Crippen LogP contribution in [0.15, 0.2) is 44.0 Å². The number of hydrogen-bond donors (Lipinski definition) is 1. The number of carbonyl (C=O) groups is 2. The topological polar surface area (TPSA) is 88.6 Å². The van der Waals surface area contributed by atoms with Crippen LogP contribution in [0, 0.1) is 0 Å². The Balaban J connectivity index is 1.47. The molecule has 0 radical (unpaired) electrons. The summed E-state index contributed by atoms with van der Waals surface area (Å²) in [7, 11) is 0. The van der Waals surface area contributed by atoms with Gasteiger partial charge in [0.15, 0.2) is 21.3 Å². The van der Waals surface area contributed by atoms with Gasteiger partial charge in [0.2, 0.25) is 0 Å². The van der Waals surface area contributed by atoms with Gasteiger partial charge < -0.3 is 13.7 Å². The van der Waals surface area contributed by atoms with E-state index in [0.717, 1.165) is 10.6 Å². The zero-order valence-corrected chi connectivity index (χ0v) is 15.2. The van der Waals surface area contributed by atoms with Crippen molar-refractivity contribution < 1.29 is 18.4 Å². The molecule has 0 aromatic carbocycles. The van der Waals surface area contributed by atoms with Crippen molar-refractivity contribution in [2.24, 2.45) is 0 Å². The summed E-state index contributed by atoms with van der Waals surface area (Å²) in [6, 6.07) is 6.57. The van der Waals surface area contributed by atoms with Gasteiger partial charge in [-0.3, -0.25) is 14.9 Å². The van der Waals surface area contributed by atoms with E-state index < -0.39 is 0 Å². The van der Waals surface area contributed by atoms with Crippen LogP contribution >= 0.6 is 27.3 Å². The van der Waals surface area contributed by atoms with Gasteiger partial charge in [-0.2, -0.15) is 0 Å². The fraction of sp³-hybridized carbons (Fsp3) is 0.188. The highest BCUT2D eigenvalue weighted by Crippen LogP contribution is 2.29. The molecule has 0 saturated carbocycles. The number of furan rings is 2. The molecule has 9 heteroatoms. The number of nitrogens with zero attached hydrogens (tertiary/aromatic N) is 2. The standard InChI is InChI=1S/C16H12BrN3O4S/c17-13-4-3-11(24-13)15(22)20-6-5-9-12(8-20)25-16(18-9)19-14(21)10-2-1-7-23-10/h1-4,7H,5-6,8H2,(H,18,19,21). The summed E-state index contributed by atoms with van der Waals surface area (Å²) < 4.78 is 10.9. The summed E-state index contributed by atoms with van der Waals surface area (Å²) >= 11 is 4.56. The molecule has 0 unspecified atom stereocenters. The monoisotopic (exact) mass is 421 g/mol. The van der Waals surface area contributed by atoms with E-state index in [1.807, 2.05) is 0 Å². The van der Waals surface area contributed by atoms with Gasteiger partial charge in [0, 0.05) is 17.8 Å². The number of aromatic nitrogens is 1. The minimum atomic E-state index is -0.343. The molecule has 2 amide bonds. The number of rotatable bonds is 3. The molecule has 0 saturated heterocycles. The molecule has 0 aliphatic carbocycles. The van der Waals surface area contributed by atoms with Crippen molar-refractivity contribution in [2.75, 3.05) is 11.9 Å². The van der Waals surface area contributed by atoms with Gasteiger partial charge in [-0.1, -0.05) is 11.3 Å². The molecule has 4 rings (SSSR count). The van der Waals surface area contributed by atoms with Crippen molar-refractivity contribution >= 4 is 44.2 Å². The van der Waals surface area contributed by atoms with E-state index in [1.54, 1.807) is 29.2 Å². The van der Waals surface area contributed by atoms with E-state index in [9.17, 15) is 9.59 Å². The fourth-order valence-corrected chi connectivity index (χ4v) is 3.90. The summed E-state index contributed by atoms with van der Waals surface area (Å²) in [6.45, 7) is 1.00. The molecular weight excluding hydrogens is 410 g/mol. The number of thiazole rings is 1. The predicted octanol–water partition coefficient (Wildman–Crippen LogP) is 3.54. The first-order chi connectivity index (χ1) is 12.1. The molecule has 1 aliphatic rings. The Morgan fingerprint density at radius 3 is 2.88 bits per heavy atom. The highest BCUT2D eigenvalue weighted by Gasteiger charge is 2.27. The van der Waals surface area contributed by atoms with Crippen LogP contribution in [0.25, 0.3) is 0 Å². The van der Waals surface area contributed by atoms with Crippen molar-refractivity contribution in [3.63, 3.8) is 0 Å². The third kappa shape index (κ3) is 3.24. The maximum absolute atomic E-state index is 12.5. The molecule has 0 spiro atoms. The highest BCUT2D eigenvalue weighted by atomic mass is 79.9. The van der Waals surface area contributed by atoms with Gasteiger partial charge in [-0.15, -0.1) is 0 Å². The van der Waals surface area contributed by atoms with E-state index in [4.69, 9.17) is 8.83 Å². The van der Waals surface area contributed by atoms with Crippen molar-refractivity contribution in [3.05, 3.63) is 57.3 Å². The third-order valence-electron chi connectivity index (χ3n) is 3.77. The Morgan fingerprint density at radius 1 is 1.28 bits per heavy atom. The molecule has 7 nitrogen and oxygen atoms in total. The molecule has 1 aliphatic heterocycles.